The zero-order valence-electron chi connectivity index (χ0n) is 12.2. The van der Waals surface area contributed by atoms with E-state index < -0.39 is 0 Å². The number of rotatable bonds is 6. The second-order valence-electron chi connectivity index (χ2n) is 5.17. The van der Waals surface area contributed by atoms with E-state index in [1.165, 1.54) is 12.8 Å². The number of aromatic nitrogens is 4. The Morgan fingerprint density at radius 1 is 1.38 bits per heavy atom. The molecule has 7 nitrogen and oxygen atoms in total. The lowest BCUT2D eigenvalue weighted by molar-refractivity contribution is 0.562. The monoisotopic (exact) mass is 287 g/mol. The molecule has 2 aromatic rings. The Labute approximate surface area is 124 Å². The molecule has 2 aromatic heterocycles. The van der Waals surface area contributed by atoms with Crippen LogP contribution in [-0.2, 0) is 6.54 Å². The van der Waals surface area contributed by atoms with E-state index in [4.69, 9.17) is 0 Å². The highest BCUT2D eigenvalue weighted by atomic mass is 15.3. The van der Waals surface area contributed by atoms with E-state index >= 15 is 0 Å². The minimum Gasteiger partial charge on any atom is -0.373 e. The van der Waals surface area contributed by atoms with Gasteiger partial charge in [-0.05, 0) is 12.8 Å². The summed E-state index contributed by atoms with van der Waals surface area (Å²) in [7, 11) is 1.87. The van der Waals surface area contributed by atoms with Gasteiger partial charge in [0, 0.05) is 44.6 Å². The Bertz CT molecular complexity index is 554. The molecule has 3 heterocycles. The van der Waals surface area contributed by atoms with Crippen LogP contribution < -0.4 is 15.5 Å². The lowest BCUT2D eigenvalue weighted by Gasteiger charge is -2.26. The standard InChI is InChI=1S/C14H21N7/c1-15-12-7-14(20-10-19-12)21-6-2-3-11(21)8-16-9-13-17-4-5-18-13/h4-5,7,10-11,16H,2-3,6,8-9H2,1H3,(H,17,18)(H,15,19,20). The van der Waals surface area contributed by atoms with Crippen LogP contribution in [0.3, 0.4) is 0 Å². The molecule has 0 spiro atoms. The molecule has 1 aliphatic heterocycles. The van der Waals surface area contributed by atoms with Gasteiger partial charge in [-0.2, -0.15) is 0 Å². The minimum atomic E-state index is 0.472. The van der Waals surface area contributed by atoms with Crippen molar-refractivity contribution in [2.75, 3.05) is 30.4 Å². The maximum absolute atomic E-state index is 4.41. The molecule has 7 heteroatoms. The third-order valence-electron chi connectivity index (χ3n) is 3.81. The van der Waals surface area contributed by atoms with Gasteiger partial charge in [0.25, 0.3) is 0 Å². The number of hydrogen-bond acceptors (Lipinski definition) is 6. The third-order valence-corrected chi connectivity index (χ3v) is 3.81. The molecular weight excluding hydrogens is 266 g/mol. The Kier molecular flexibility index (Phi) is 4.30. The van der Waals surface area contributed by atoms with Crippen molar-refractivity contribution in [1.29, 1.82) is 0 Å². The number of imidazole rings is 1. The largest absolute Gasteiger partial charge is 0.373 e. The zero-order chi connectivity index (χ0) is 14.5. The summed E-state index contributed by atoms with van der Waals surface area (Å²) in [6, 6.07) is 2.48. The number of hydrogen-bond donors (Lipinski definition) is 3. The maximum Gasteiger partial charge on any atom is 0.134 e. The lowest BCUT2D eigenvalue weighted by Crippen LogP contribution is -2.38. The molecule has 0 saturated carbocycles. The van der Waals surface area contributed by atoms with Crippen LogP contribution in [0.4, 0.5) is 11.6 Å². The van der Waals surface area contributed by atoms with Crippen LogP contribution >= 0.6 is 0 Å². The number of nitrogens with one attached hydrogen (secondary N) is 3. The smallest absolute Gasteiger partial charge is 0.134 e. The molecule has 1 aliphatic rings. The minimum absolute atomic E-state index is 0.472. The number of anilines is 2. The van der Waals surface area contributed by atoms with Gasteiger partial charge in [-0.15, -0.1) is 0 Å². The summed E-state index contributed by atoms with van der Waals surface area (Å²) in [6.45, 7) is 2.75. The first kappa shape index (κ1) is 13.8. The van der Waals surface area contributed by atoms with Crippen LogP contribution in [0.5, 0.6) is 0 Å². The van der Waals surface area contributed by atoms with Crippen LogP contribution in [-0.4, -0.2) is 46.1 Å². The van der Waals surface area contributed by atoms with Gasteiger partial charge in [-0.25, -0.2) is 15.0 Å². The summed E-state index contributed by atoms with van der Waals surface area (Å²) < 4.78 is 0. The predicted molar refractivity (Wildman–Crippen MR) is 82.2 cm³/mol. The van der Waals surface area contributed by atoms with Crippen molar-refractivity contribution in [1.82, 2.24) is 25.3 Å². The normalized spacial score (nSPS) is 18.1. The Morgan fingerprint density at radius 3 is 3.14 bits per heavy atom. The molecule has 1 atom stereocenters. The first-order valence-electron chi connectivity index (χ1n) is 7.32. The molecule has 0 aromatic carbocycles. The van der Waals surface area contributed by atoms with Crippen molar-refractivity contribution in [2.45, 2.75) is 25.4 Å². The Hall–Kier alpha value is -2.15. The van der Waals surface area contributed by atoms with Gasteiger partial charge in [0.05, 0.1) is 6.54 Å². The molecule has 3 rings (SSSR count). The van der Waals surface area contributed by atoms with Crippen molar-refractivity contribution in [2.24, 2.45) is 0 Å². The lowest BCUT2D eigenvalue weighted by atomic mass is 10.2. The molecule has 3 N–H and O–H groups in total. The van der Waals surface area contributed by atoms with Crippen LogP contribution in [0.15, 0.2) is 24.8 Å². The number of H-pyrrole nitrogens is 1. The fourth-order valence-corrected chi connectivity index (χ4v) is 2.74. The molecule has 0 amide bonds. The van der Waals surface area contributed by atoms with Crippen molar-refractivity contribution in [3.63, 3.8) is 0 Å². The average Bonchev–Trinajstić information content (AvgIpc) is 3.19. The molecule has 1 fully saturated rings. The summed E-state index contributed by atoms with van der Waals surface area (Å²) in [6.07, 6.45) is 7.63. The van der Waals surface area contributed by atoms with Crippen molar-refractivity contribution >= 4 is 11.6 Å². The van der Waals surface area contributed by atoms with E-state index in [9.17, 15) is 0 Å². The van der Waals surface area contributed by atoms with Gasteiger partial charge in [0.1, 0.15) is 23.8 Å². The van der Waals surface area contributed by atoms with Gasteiger partial charge in [0.2, 0.25) is 0 Å². The van der Waals surface area contributed by atoms with Gasteiger partial charge >= 0.3 is 0 Å². The summed E-state index contributed by atoms with van der Waals surface area (Å²) in [5.74, 6) is 2.82. The SMILES string of the molecule is CNc1cc(N2CCCC2CNCc2ncc[nH]2)ncn1. The van der Waals surface area contributed by atoms with E-state index in [-0.39, 0.29) is 0 Å². The molecule has 21 heavy (non-hydrogen) atoms. The molecule has 112 valence electrons. The molecule has 1 saturated heterocycles. The second-order valence-corrected chi connectivity index (χ2v) is 5.17. The molecule has 1 unspecified atom stereocenters. The fraction of sp³-hybridized carbons (Fsp3) is 0.500. The van der Waals surface area contributed by atoms with Crippen molar-refractivity contribution in [3.05, 3.63) is 30.6 Å². The van der Waals surface area contributed by atoms with Gasteiger partial charge in [0.15, 0.2) is 0 Å². The van der Waals surface area contributed by atoms with Crippen LogP contribution in [0.2, 0.25) is 0 Å². The zero-order valence-corrected chi connectivity index (χ0v) is 12.2. The average molecular weight is 287 g/mol. The maximum atomic E-state index is 4.41. The fourth-order valence-electron chi connectivity index (χ4n) is 2.74. The molecule has 0 aliphatic carbocycles. The van der Waals surface area contributed by atoms with Crippen molar-refractivity contribution in [3.8, 4) is 0 Å². The van der Waals surface area contributed by atoms with E-state index in [1.54, 1.807) is 12.5 Å². The third kappa shape index (κ3) is 3.30. The van der Waals surface area contributed by atoms with E-state index in [1.807, 2.05) is 19.3 Å². The van der Waals surface area contributed by atoms with E-state index in [2.05, 4.69) is 35.5 Å². The topological polar surface area (TPSA) is 81.8 Å². The van der Waals surface area contributed by atoms with Crippen molar-refractivity contribution < 1.29 is 0 Å². The van der Waals surface area contributed by atoms with Gasteiger partial charge in [-0.3, -0.25) is 0 Å². The number of nitrogens with zero attached hydrogens (tertiary/aromatic N) is 4. The summed E-state index contributed by atoms with van der Waals surface area (Å²) in [4.78, 5) is 18.3. The summed E-state index contributed by atoms with van der Waals surface area (Å²) in [5, 5.41) is 6.53. The highest BCUT2D eigenvalue weighted by Gasteiger charge is 2.25. The summed E-state index contributed by atoms with van der Waals surface area (Å²) >= 11 is 0. The Morgan fingerprint density at radius 2 is 2.33 bits per heavy atom. The first-order chi connectivity index (χ1) is 10.4. The van der Waals surface area contributed by atoms with Gasteiger partial charge < -0.3 is 20.5 Å². The molecule has 0 bridgehead atoms. The van der Waals surface area contributed by atoms with Crippen LogP contribution in [0.1, 0.15) is 18.7 Å². The van der Waals surface area contributed by atoms with Crippen LogP contribution in [0, 0.1) is 0 Å². The van der Waals surface area contributed by atoms with E-state index in [0.29, 0.717) is 6.04 Å². The summed E-state index contributed by atoms with van der Waals surface area (Å²) in [5.41, 5.74) is 0. The van der Waals surface area contributed by atoms with E-state index in [0.717, 1.165) is 37.1 Å². The predicted octanol–water partition coefficient (Wildman–Crippen LogP) is 1.000. The Balaban J connectivity index is 1.59. The highest BCUT2D eigenvalue weighted by Crippen LogP contribution is 2.24. The first-order valence-corrected chi connectivity index (χ1v) is 7.32. The van der Waals surface area contributed by atoms with Crippen LogP contribution in [0.25, 0.3) is 0 Å². The molecular formula is C14H21N7. The van der Waals surface area contributed by atoms with Gasteiger partial charge in [-0.1, -0.05) is 0 Å². The second kappa shape index (κ2) is 6.53. The quantitative estimate of drug-likeness (QED) is 0.735. The highest BCUT2D eigenvalue weighted by molar-refractivity contribution is 5.49. The molecule has 0 radical (unpaired) electrons. The number of aromatic amines is 1.